The molecule has 1 saturated heterocycles. The SMILES string of the molecule is NC(=O)N(c1ccc(-c2cccc3c2c(N)nn3CCN2CCOCC2)cc1)c1cccc(F)c1. The summed E-state index contributed by atoms with van der Waals surface area (Å²) in [7, 11) is 0. The van der Waals surface area contributed by atoms with Gasteiger partial charge in [-0.2, -0.15) is 5.10 Å². The first-order valence-corrected chi connectivity index (χ1v) is 11.5. The van der Waals surface area contributed by atoms with E-state index < -0.39 is 11.8 Å². The van der Waals surface area contributed by atoms with E-state index in [1.165, 1.54) is 23.1 Å². The number of halogens is 1. The molecule has 2 heterocycles. The van der Waals surface area contributed by atoms with Gasteiger partial charge in [-0.05, 0) is 47.5 Å². The minimum absolute atomic E-state index is 0.359. The van der Waals surface area contributed by atoms with Gasteiger partial charge in [0, 0.05) is 19.6 Å². The molecule has 4 N–H and O–H groups in total. The molecule has 5 rings (SSSR count). The van der Waals surface area contributed by atoms with Crippen LogP contribution in [0.3, 0.4) is 0 Å². The summed E-state index contributed by atoms with van der Waals surface area (Å²) >= 11 is 0. The van der Waals surface area contributed by atoms with Crippen molar-refractivity contribution in [2.75, 3.05) is 43.5 Å². The van der Waals surface area contributed by atoms with Crippen molar-refractivity contribution >= 4 is 34.1 Å². The number of carbonyl (C=O) groups is 1. The van der Waals surface area contributed by atoms with Crippen LogP contribution in [0.1, 0.15) is 0 Å². The molecule has 1 fully saturated rings. The summed E-state index contributed by atoms with van der Waals surface area (Å²) in [5.74, 6) is 0.0262. The van der Waals surface area contributed by atoms with Gasteiger partial charge < -0.3 is 16.2 Å². The quantitative estimate of drug-likeness (QED) is 0.440. The highest BCUT2D eigenvalue weighted by molar-refractivity contribution is 6.03. The highest BCUT2D eigenvalue weighted by atomic mass is 19.1. The lowest BCUT2D eigenvalue weighted by atomic mass is 10.0. The fraction of sp³-hybridized carbons (Fsp3) is 0.231. The smallest absolute Gasteiger partial charge is 0.323 e. The van der Waals surface area contributed by atoms with E-state index in [9.17, 15) is 9.18 Å². The van der Waals surface area contributed by atoms with Crippen LogP contribution in [0.15, 0.2) is 66.7 Å². The average molecular weight is 475 g/mol. The maximum Gasteiger partial charge on any atom is 0.323 e. The van der Waals surface area contributed by atoms with Gasteiger partial charge in [-0.15, -0.1) is 0 Å². The van der Waals surface area contributed by atoms with E-state index >= 15 is 0 Å². The summed E-state index contributed by atoms with van der Waals surface area (Å²) in [5.41, 5.74) is 15.7. The summed E-state index contributed by atoms with van der Waals surface area (Å²) in [4.78, 5) is 15.8. The van der Waals surface area contributed by atoms with Crippen molar-refractivity contribution in [3.05, 3.63) is 72.5 Å². The number of benzene rings is 3. The van der Waals surface area contributed by atoms with Crippen molar-refractivity contribution in [1.82, 2.24) is 14.7 Å². The number of nitrogen functional groups attached to an aromatic ring is 1. The van der Waals surface area contributed by atoms with Gasteiger partial charge in [0.2, 0.25) is 0 Å². The molecule has 0 saturated carbocycles. The number of carbonyl (C=O) groups excluding carboxylic acids is 1. The number of primary amides is 1. The Kier molecular flexibility index (Phi) is 6.35. The van der Waals surface area contributed by atoms with E-state index in [0.29, 0.717) is 17.2 Å². The number of anilines is 3. The van der Waals surface area contributed by atoms with Crippen LogP contribution in [0.5, 0.6) is 0 Å². The fourth-order valence-electron chi connectivity index (χ4n) is 4.54. The average Bonchev–Trinajstić information content (AvgIpc) is 3.19. The summed E-state index contributed by atoms with van der Waals surface area (Å²) in [6.07, 6.45) is 0. The first-order chi connectivity index (χ1) is 17.0. The van der Waals surface area contributed by atoms with E-state index in [0.717, 1.165) is 61.4 Å². The number of aromatic nitrogens is 2. The Hall–Kier alpha value is -3.95. The second-order valence-electron chi connectivity index (χ2n) is 8.46. The maximum atomic E-state index is 13.7. The second kappa shape index (κ2) is 9.73. The minimum atomic E-state index is -0.698. The number of urea groups is 1. The van der Waals surface area contributed by atoms with Gasteiger partial charge in [-0.25, -0.2) is 9.18 Å². The highest BCUT2D eigenvalue weighted by Gasteiger charge is 2.18. The largest absolute Gasteiger partial charge is 0.382 e. The van der Waals surface area contributed by atoms with Gasteiger partial charge in [-0.3, -0.25) is 14.5 Å². The Labute approximate surface area is 202 Å². The number of fused-ring (bicyclic) bond motifs is 1. The molecule has 180 valence electrons. The van der Waals surface area contributed by atoms with Gasteiger partial charge in [0.15, 0.2) is 5.82 Å². The van der Waals surface area contributed by atoms with Crippen LogP contribution in [0, 0.1) is 5.82 Å². The van der Waals surface area contributed by atoms with Crippen LogP contribution in [0.25, 0.3) is 22.0 Å². The molecule has 1 aliphatic heterocycles. The molecule has 8 nitrogen and oxygen atoms in total. The molecule has 0 atom stereocenters. The van der Waals surface area contributed by atoms with Crippen molar-refractivity contribution in [2.24, 2.45) is 5.73 Å². The Morgan fingerprint density at radius 2 is 1.74 bits per heavy atom. The van der Waals surface area contributed by atoms with E-state index in [-0.39, 0.29) is 0 Å². The summed E-state index contributed by atoms with van der Waals surface area (Å²) in [6.45, 7) is 4.97. The number of rotatable bonds is 6. The number of nitrogens with zero attached hydrogens (tertiary/aromatic N) is 4. The van der Waals surface area contributed by atoms with Crippen molar-refractivity contribution in [1.29, 1.82) is 0 Å². The molecule has 3 aromatic carbocycles. The maximum absolute atomic E-state index is 13.7. The zero-order chi connectivity index (χ0) is 24.4. The highest BCUT2D eigenvalue weighted by Crippen LogP contribution is 2.34. The Morgan fingerprint density at radius 1 is 1.00 bits per heavy atom. The molecule has 35 heavy (non-hydrogen) atoms. The predicted molar refractivity (Wildman–Crippen MR) is 135 cm³/mol. The standard InChI is InChI=1S/C26H27FN6O2/c27-19-3-1-4-21(17-19)33(26(29)34)20-9-7-18(8-10-20)22-5-2-6-23-24(22)25(28)30-32(23)12-11-31-13-15-35-16-14-31/h1-10,17H,11-16H2,(H2,28,30)(H2,29,34). The molecule has 0 bridgehead atoms. The molecular formula is C26H27FN6O2. The Balaban J connectivity index is 1.44. The summed E-state index contributed by atoms with van der Waals surface area (Å²) in [5, 5.41) is 5.50. The van der Waals surface area contributed by atoms with Crippen molar-refractivity contribution in [3.63, 3.8) is 0 Å². The number of hydrogen-bond donors (Lipinski definition) is 2. The van der Waals surface area contributed by atoms with Crippen molar-refractivity contribution < 1.29 is 13.9 Å². The molecule has 0 radical (unpaired) electrons. The van der Waals surface area contributed by atoms with Crippen LogP contribution in [0.4, 0.5) is 26.4 Å². The van der Waals surface area contributed by atoms with Crippen molar-refractivity contribution in [3.8, 4) is 11.1 Å². The van der Waals surface area contributed by atoms with Gasteiger partial charge in [0.25, 0.3) is 0 Å². The monoisotopic (exact) mass is 474 g/mol. The molecule has 9 heteroatoms. The first-order valence-electron chi connectivity index (χ1n) is 11.5. The molecule has 0 spiro atoms. The van der Waals surface area contributed by atoms with Crippen LogP contribution in [0.2, 0.25) is 0 Å². The molecule has 1 aromatic heterocycles. The van der Waals surface area contributed by atoms with E-state index in [4.69, 9.17) is 16.2 Å². The predicted octanol–water partition coefficient (Wildman–Crippen LogP) is 3.97. The fourth-order valence-corrected chi connectivity index (χ4v) is 4.54. The summed E-state index contributed by atoms with van der Waals surface area (Å²) in [6, 6.07) is 18.4. The number of nitrogens with two attached hydrogens (primary N) is 2. The number of amides is 2. The van der Waals surface area contributed by atoms with E-state index in [2.05, 4.69) is 10.00 Å². The topological polar surface area (TPSA) is 103 Å². The lowest BCUT2D eigenvalue weighted by Crippen LogP contribution is -2.38. The van der Waals surface area contributed by atoms with Crippen LogP contribution in [-0.4, -0.2) is 53.6 Å². The first kappa shape index (κ1) is 22.8. The summed E-state index contributed by atoms with van der Waals surface area (Å²) < 4.78 is 21.1. The third-order valence-electron chi connectivity index (χ3n) is 6.26. The van der Waals surface area contributed by atoms with Crippen LogP contribution < -0.4 is 16.4 Å². The molecular weight excluding hydrogens is 447 g/mol. The third-order valence-corrected chi connectivity index (χ3v) is 6.26. The van der Waals surface area contributed by atoms with E-state index in [1.54, 1.807) is 18.2 Å². The van der Waals surface area contributed by atoms with Crippen LogP contribution >= 0.6 is 0 Å². The molecule has 0 aliphatic carbocycles. The minimum Gasteiger partial charge on any atom is -0.382 e. The Morgan fingerprint density at radius 3 is 2.46 bits per heavy atom. The molecule has 4 aromatic rings. The normalized spacial score (nSPS) is 14.3. The molecule has 2 amide bonds. The number of ether oxygens (including phenoxy) is 1. The van der Waals surface area contributed by atoms with Crippen LogP contribution in [-0.2, 0) is 11.3 Å². The zero-order valence-corrected chi connectivity index (χ0v) is 19.2. The van der Waals surface area contributed by atoms with E-state index in [1.807, 2.05) is 35.0 Å². The van der Waals surface area contributed by atoms with Gasteiger partial charge in [-0.1, -0.05) is 30.3 Å². The lowest BCUT2D eigenvalue weighted by Gasteiger charge is -2.26. The molecule has 1 aliphatic rings. The number of hydrogen-bond acceptors (Lipinski definition) is 5. The third kappa shape index (κ3) is 4.68. The Bertz CT molecular complexity index is 1350. The van der Waals surface area contributed by atoms with Gasteiger partial charge in [0.05, 0.1) is 42.0 Å². The van der Waals surface area contributed by atoms with Gasteiger partial charge >= 0.3 is 6.03 Å². The number of morpholine rings is 1. The zero-order valence-electron chi connectivity index (χ0n) is 19.2. The second-order valence-corrected chi connectivity index (χ2v) is 8.46. The molecule has 0 unspecified atom stereocenters. The van der Waals surface area contributed by atoms with Crippen molar-refractivity contribution in [2.45, 2.75) is 6.54 Å². The lowest BCUT2D eigenvalue weighted by molar-refractivity contribution is 0.0361. The van der Waals surface area contributed by atoms with Gasteiger partial charge in [0.1, 0.15) is 5.82 Å².